The van der Waals surface area contributed by atoms with Gasteiger partial charge in [-0.05, 0) is 24.5 Å². The van der Waals surface area contributed by atoms with Gasteiger partial charge in [-0.2, -0.15) is 18.3 Å². The Kier molecular flexibility index (Phi) is 7.27. The van der Waals surface area contributed by atoms with Crippen molar-refractivity contribution in [1.82, 2.24) is 24.6 Å². The molecule has 2 aromatic heterocycles. The molecule has 0 spiro atoms. The first kappa shape index (κ1) is 26.3. The smallest absolute Gasteiger partial charge is 0.436 e. The fourth-order valence-corrected chi connectivity index (χ4v) is 4.76. The van der Waals surface area contributed by atoms with Crippen LogP contribution < -0.4 is 10.3 Å². The number of piperidine rings is 1. The Hall–Kier alpha value is -4.35. The highest BCUT2D eigenvalue weighted by Gasteiger charge is 2.40. The van der Waals surface area contributed by atoms with Crippen LogP contribution in [0.25, 0.3) is 11.0 Å². The Morgan fingerprint density at radius 3 is 2.46 bits per heavy atom. The Labute approximate surface area is 221 Å². The summed E-state index contributed by atoms with van der Waals surface area (Å²) in [6.45, 7) is 0.649. The van der Waals surface area contributed by atoms with Crippen LogP contribution in [0.15, 0.2) is 59.4 Å². The number of fused-ring (bicyclic) bond motifs is 1. The molecule has 1 amide bonds. The number of nitrogens with one attached hydrogen (secondary N) is 1. The van der Waals surface area contributed by atoms with Gasteiger partial charge < -0.3 is 19.4 Å². The van der Waals surface area contributed by atoms with Crippen LogP contribution in [-0.2, 0) is 23.9 Å². The molecule has 12 heteroatoms. The molecule has 3 heterocycles. The fourth-order valence-electron chi connectivity index (χ4n) is 4.76. The summed E-state index contributed by atoms with van der Waals surface area (Å²) in [5, 5.41) is 3.22. The summed E-state index contributed by atoms with van der Waals surface area (Å²) in [6, 6.07) is 15.9. The number of hydrogen-bond donors (Lipinski definition) is 1. The zero-order valence-electron chi connectivity index (χ0n) is 21.1. The van der Waals surface area contributed by atoms with Gasteiger partial charge in [0.1, 0.15) is 23.6 Å². The second-order valence-corrected chi connectivity index (χ2v) is 9.25. The third kappa shape index (κ3) is 5.59. The molecule has 204 valence electrons. The van der Waals surface area contributed by atoms with Crippen molar-refractivity contribution in [2.45, 2.75) is 38.1 Å². The van der Waals surface area contributed by atoms with Gasteiger partial charge in [-0.25, -0.2) is 14.5 Å². The van der Waals surface area contributed by atoms with Crippen LogP contribution >= 0.6 is 0 Å². The molecular formula is C27H26F3N5O4. The number of amides is 1. The van der Waals surface area contributed by atoms with Gasteiger partial charge in [0.05, 0.1) is 13.2 Å². The van der Waals surface area contributed by atoms with Gasteiger partial charge in [0.15, 0.2) is 11.3 Å². The van der Waals surface area contributed by atoms with E-state index in [1.54, 1.807) is 24.3 Å². The standard InChI is InChI=1S/C27H26F3N5O4/c1-38-20-10-6-5-9-18(20)15-21-31-24-22(25(36)32-21)23(27(28,29)30)33-35(24)19-11-13-34(14-12-19)26(37)39-16-17-7-3-2-4-8-17/h2-10,19H,11-16H2,1H3,(H,31,32,36). The van der Waals surface area contributed by atoms with E-state index in [9.17, 15) is 22.8 Å². The van der Waals surface area contributed by atoms with Crippen molar-refractivity contribution in [3.8, 4) is 5.75 Å². The Balaban J connectivity index is 1.39. The molecule has 1 fully saturated rings. The lowest BCUT2D eigenvalue weighted by molar-refractivity contribution is -0.140. The number of rotatable bonds is 6. The number of benzene rings is 2. The van der Waals surface area contributed by atoms with Crippen molar-refractivity contribution >= 4 is 17.1 Å². The van der Waals surface area contributed by atoms with Crippen molar-refractivity contribution in [1.29, 1.82) is 0 Å². The van der Waals surface area contributed by atoms with E-state index in [1.165, 1.54) is 16.7 Å². The monoisotopic (exact) mass is 541 g/mol. The van der Waals surface area contributed by atoms with E-state index in [0.717, 1.165) is 5.56 Å². The van der Waals surface area contributed by atoms with Gasteiger partial charge >= 0.3 is 12.3 Å². The van der Waals surface area contributed by atoms with Crippen molar-refractivity contribution < 1.29 is 27.4 Å². The lowest BCUT2D eigenvalue weighted by Gasteiger charge is -2.31. The minimum Gasteiger partial charge on any atom is -0.496 e. The average Bonchev–Trinajstić information content (AvgIpc) is 3.33. The van der Waals surface area contributed by atoms with E-state index in [2.05, 4.69) is 15.1 Å². The van der Waals surface area contributed by atoms with Crippen LogP contribution in [0.3, 0.4) is 0 Å². The molecule has 2 aromatic carbocycles. The molecule has 1 aliphatic rings. The summed E-state index contributed by atoms with van der Waals surface area (Å²) < 4.78 is 53.5. The highest BCUT2D eigenvalue weighted by Crippen LogP contribution is 2.35. The number of halogens is 3. The molecule has 0 bridgehead atoms. The third-order valence-electron chi connectivity index (χ3n) is 6.70. The molecular weight excluding hydrogens is 515 g/mol. The average molecular weight is 542 g/mol. The topological polar surface area (TPSA) is 102 Å². The van der Waals surface area contributed by atoms with E-state index in [1.807, 2.05) is 30.3 Å². The highest BCUT2D eigenvalue weighted by molar-refractivity contribution is 5.78. The van der Waals surface area contributed by atoms with Crippen molar-refractivity contribution in [2.75, 3.05) is 20.2 Å². The van der Waals surface area contributed by atoms with Crippen LogP contribution in [0.1, 0.15) is 41.5 Å². The largest absolute Gasteiger partial charge is 0.496 e. The van der Waals surface area contributed by atoms with Gasteiger partial charge in [0, 0.05) is 25.1 Å². The minimum absolute atomic E-state index is 0.125. The van der Waals surface area contributed by atoms with Gasteiger partial charge in [-0.3, -0.25) is 4.79 Å². The molecule has 1 aliphatic heterocycles. The molecule has 0 saturated carbocycles. The van der Waals surface area contributed by atoms with Gasteiger partial charge in [0.2, 0.25) is 0 Å². The molecule has 4 aromatic rings. The van der Waals surface area contributed by atoms with Gasteiger partial charge in [-0.15, -0.1) is 0 Å². The quantitative estimate of drug-likeness (QED) is 0.379. The number of aromatic nitrogens is 4. The number of para-hydroxylation sites is 1. The van der Waals surface area contributed by atoms with E-state index in [0.29, 0.717) is 24.2 Å². The van der Waals surface area contributed by atoms with E-state index in [-0.39, 0.29) is 37.6 Å². The summed E-state index contributed by atoms with van der Waals surface area (Å²) in [5.41, 5.74) is -0.762. The number of carbonyl (C=O) groups is 1. The molecule has 0 aliphatic carbocycles. The Morgan fingerprint density at radius 1 is 1.08 bits per heavy atom. The number of methoxy groups -OCH3 is 1. The highest BCUT2D eigenvalue weighted by atomic mass is 19.4. The number of hydrogen-bond acceptors (Lipinski definition) is 6. The van der Waals surface area contributed by atoms with Crippen molar-refractivity contribution in [3.05, 3.63) is 87.6 Å². The fraction of sp³-hybridized carbons (Fsp3) is 0.333. The van der Waals surface area contributed by atoms with E-state index >= 15 is 0 Å². The molecule has 5 rings (SSSR count). The molecule has 0 unspecified atom stereocenters. The lowest BCUT2D eigenvalue weighted by Crippen LogP contribution is -2.39. The van der Waals surface area contributed by atoms with Gasteiger partial charge in [-0.1, -0.05) is 48.5 Å². The van der Waals surface area contributed by atoms with E-state index < -0.39 is 35.0 Å². The number of alkyl halides is 3. The van der Waals surface area contributed by atoms with Crippen molar-refractivity contribution in [2.24, 2.45) is 0 Å². The SMILES string of the molecule is COc1ccccc1Cc1nc2c(c(C(F)(F)F)nn2C2CCN(C(=O)OCc3ccccc3)CC2)c(=O)[nH]1. The second kappa shape index (κ2) is 10.8. The normalized spacial score (nSPS) is 14.5. The van der Waals surface area contributed by atoms with Gasteiger partial charge in [0.25, 0.3) is 5.56 Å². The lowest BCUT2D eigenvalue weighted by atomic mass is 10.1. The summed E-state index contributed by atoms with van der Waals surface area (Å²) in [4.78, 5) is 33.8. The predicted molar refractivity (Wildman–Crippen MR) is 135 cm³/mol. The Bertz CT molecular complexity index is 1530. The molecule has 1 saturated heterocycles. The maximum Gasteiger partial charge on any atom is 0.436 e. The zero-order chi connectivity index (χ0) is 27.6. The number of carbonyl (C=O) groups excluding carboxylic acids is 1. The second-order valence-electron chi connectivity index (χ2n) is 9.25. The third-order valence-corrected chi connectivity index (χ3v) is 6.70. The Morgan fingerprint density at radius 2 is 1.77 bits per heavy atom. The summed E-state index contributed by atoms with van der Waals surface area (Å²) in [7, 11) is 1.51. The van der Waals surface area contributed by atoms with Crippen LogP contribution in [0, 0.1) is 0 Å². The molecule has 39 heavy (non-hydrogen) atoms. The molecule has 1 N–H and O–H groups in total. The minimum atomic E-state index is -4.84. The predicted octanol–water partition coefficient (Wildman–Crippen LogP) is 4.71. The molecule has 0 atom stereocenters. The van der Waals surface area contributed by atoms with Crippen LogP contribution in [-0.4, -0.2) is 50.9 Å². The number of nitrogens with zero attached hydrogens (tertiary/aromatic N) is 4. The molecule has 0 radical (unpaired) electrons. The maximum absolute atomic E-state index is 13.9. The zero-order valence-corrected chi connectivity index (χ0v) is 21.1. The number of ether oxygens (including phenoxy) is 2. The summed E-state index contributed by atoms with van der Waals surface area (Å²) in [5.74, 6) is 0.755. The summed E-state index contributed by atoms with van der Waals surface area (Å²) in [6.07, 6.45) is -4.54. The number of H-pyrrole nitrogens is 1. The maximum atomic E-state index is 13.9. The number of aromatic amines is 1. The van der Waals surface area contributed by atoms with Crippen LogP contribution in [0.4, 0.5) is 18.0 Å². The van der Waals surface area contributed by atoms with E-state index in [4.69, 9.17) is 9.47 Å². The van der Waals surface area contributed by atoms with Crippen LogP contribution in [0.5, 0.6) is 5.75 Å². The first-order valence-electron chi connectivity index (χ1n) is 12.4. The van der Waals surface area contributed by atoms with Crippen molar-refractivity contribution in [3.63, 3.8) is 0 Å². The first-order chi connectivity index (χ1) is 18.7. The van der Waals surface area contributed by atoms with Crippen LogP contribution in [0.2, 0.25) is 0 Å². The number of likely N-dealkylation sites (tertiary alicyclic amines) is 1. The first-order valence-corrected chi connectivity index (χ1v) is 12.4. The molecule has 9 nitrogen and oxygen atoms in total. The summed E-state index contributed by atoms with van der Waals surface area (Å²) >= 11 is 0.